The molecule has 0 amide bonds. The number of aryl methyl sites for hydroxylation is 1. The Hall–Kier alpha value is -0.990. The maximum Gasteiger partial charge on any atom is 0.125 e. The molecule has 0 unspecified atom stereocenters. The number of anilines is 1. The van der Waals surface area contributed by atoms with E-state index in [-0.39, 0.29) is 5.41 Å². The molecule has 0 aliphatic heterocycles. The molecule has 0 bridgehead atoms. The van der Waals surface area contributed by atoms with Gasteiger partial charge in [-0.25, -0.2) is 0 Å². The smallest absolute Gasteiger partial charge is 0.125 e. The van der Waals surface area contributed by atoms with Crippen LogP contribution >= 0.6 is 0 Å². The molecule has 1 rings (SSSR count). The quantitative estimate of drug-likeness (QED) is 0.832. The number of nitrogen functional groups attached to an aromatic ring is 1. The van der Waals surface area contributed by atoms with Gasteiger partial charge in [-0.3, -0.25) is 4.68 Å². The topological polar surface area (TPSA) is 43.8 Å². The van der Waals surface area contributed by atoms with E-state index in [2.05, 4.69) is 39.7 Å². The Balaban J connectivity index is 3.36. The van der Waals surface area contributed by atoms with Gasteiger partial charge in [0.05, 0.1) is 5.69 Å². The summed E-state index contributed by atoms with van der Waals surface area (Å²) in [6, 6.07) is 0. The van der Waals surface area contributed by atoms with Gasteiger partial charge >= 0.3 is 0 Å². The molecule has 3 nitrogen and oxygen atoms in total. The standard InChI is InChI=1S/C12H23N3/c1-7-12(4,5)10-9(8(2)3)11(13)15(6)14-10/h8H,7,13H2,1-6H3. The third-order valence-electron chi connectivity index (χ3n) is 3.23. The molecule has 15 heavy (non-hydrogen) atoms. The predicted molar refractivity (Wildman–Crippen MR) is 65.0 cm³/mol. The molecule has 0 aliphatic carbocycles. The summed E-state index contributed by atoms with van der Waals surface area (Å²) in [7, 11) is 1.91. The zero-order valence-corrected chi connectivity index (χ0v) is 10.8. The number of nitrogens with zero attached hydrogens (tertiary/aromatic N) is 2. The van der Waals surface area contributed by atoms with Crippen LogP contribution in [0.15, 0.2) is 0 Å². The summed E-state index contributed by atoms with van der Waals surface area (Å²) in [5, 5.41) is 4.57. The van der Waals surface area contributed by atoms with Crippen molar-refractivity contribution in [2.24, 2.45) is 7.05 Å². The van der Waals surface area contributed by atoms with Gasteiger partial charge in [-0.1, -0.05) is 34.6 Å². The lowest BCUT2D eigenvalue weighted by Crippen LogP contribution is -2.19. The molecule has 1 heterocycles. The molecular weight excluding hydrogens is 186 g/mol. The first-order chi connectivity index (χ1) is 6.81. The van der Waals surface area contributed by atoms with Crippen molar-refractivity contribution in [2.45, 2.75) is 52.4 Å². The van der Waals surface area contributed by atoms with Crippen LogP contribution in [0.1, 0.15) is 58.2 Å². The summed E-state index contributed by atoms with van der Waals surface area (Å²) >= 11 is 0. The zero-order valence-electron chi connectivity index (χ0n) is 10.8. The first kappa shape index (κ1) is 12.1. The van der Waals surface area contributed by atoms with E-state index in [1.165, 1.54) is 5.56 Å². The predicted octanol–water partition coefficient (Wildman–Crippen LogP) is 2.81. The van der Waals surface area contributed by atoms with E-state index in [1.807, 2.05) is 7.05 Å². The molecule has 0 saturated heterocycles. The van der Waals surface area contributed by atoms with Gasteiger partial charge in [0, 0.05) is 18.0 Å². The maximum absolute atomic E-state index is 6.06. The summed E-state index contributed by atoms with van der Waals surface area (Å²) in [4.78, 5) is 0. The van der Waals surface area contributed by atoms with E-state index in [0.717, 1.165) is 17.9 Å². The van der Waals surface area contributed by atoms with Gasteiger partial charge < -0.3 is 5.73 Å². The van der Waals surface area contributed by atoms with Crippen molar-refractivity contribution in [3.8, 4) is 0 Å². The van der Waals surface area contributed by atoms with Crippen LogP contribution in [0, 0.1) is 0 Å². The average Bonchev–Trinajstić information content (AvgIpc) is 2.44. The zero-order chi connectivity index (χ0) is 11.8. The molecule has 0 aliphatic rings. The summed E-state index contributed by atoms with van der Waals surface area (Å²) in [5.74, 6) is 1.24. The molecule has 3 heteroatoms. The highest BCUT2D eigenvalue weighted by Crippen LogP contribution is 2.35. The molecule has 0 radical (unpaired) electrons. The van der Waals surface area contributed by atoms with Crippen molar-refractivity contribution in [2.75, 3.05) is 5.73 Å². The summed E-state index contributed by atoms with van der Waals surface area (Å²) in [6.45, 7) is 11.0. The van der Waals surface area contributed by atoms with E-state index in [9.17, 15) is 0 Å². The summed E-state index contributed by atoms with van der Waals surface area (Å²) in [6.07, 6.45) is 1.07. The Labute approximate surface area is 92.7 Å². The fourth-order valence-electron chi connectivity index (χ4n) is 1.79. The number of aromatic nitrogens is 2. The number of hydrogen-bond acceptors (Lipinski definition) is 2. The van der Waals surface area contributed by atoms with E-state index in [1.54, 1.807) is 4.68 Å². The summed E-state index contributed by atoms with van der Waals surface area (Å²) in [5.41, 5.74) is 8.53. The lowest BCUT2D eigenvalue weighted by atomic mass is 9.82. The maximum atomic E-state index is 6.06. The van der Waals surface area contributed by atoms with Crippen LogP contribution < -0.4 is 5.73 Å². The first-order valence-corrected chi connectivity index (χ1v) is 5.64. The molecule has 0 atom stereocenters. The van der Waals surface area contributed by atoms with Crippen LogP contribution in [0.2, 0.25) is 0 Å². The van der Waals surface area contributed by atoms with Gasteiger partial charge in [-0.2, -0.15) is 5.10 Å². The van der Waals surface area contributed by atoms with Crippen molar-refractivity contribution < 1.29 is 0 Å². The molecule has 1 aromatic heterocycles. The van der Waals surface area contributed by atoms with Gasteiger partial charge in [0.15, 0.2) is 0 Å². The van der Waals surface area contributed by atoms with Gasteiger partial charge in [-0.05, 0) is 12.3 Å². The van der Waals surface area contributed by atoms with E-state index < -0.39 is 0 Å². The third kappa shape index (κ3) is 2.01. The van der Waals surface area contributed by atoms with Crippen molar-refractivity contribution in [1.29, 1.82) is 0 Å². The molecular formula is C12H23N3. The molecule has 0 saturated carbocycles. The van der Waals surface area contributed by atoms with Gasteiger partial charge in [0.25, 0.3) is 0 Å². The molecule has 0 aromatic carbocycles. The van der Waals surface area contributed by atoms with Crippen LogP contribution in [-0.2, 0) is 12.5 Å². The van der Waals surface area contributed by atoms with E-state index in [0.29, 0.717) is 5.92 Å². The van der Waals surface area contributed by atoms with Gasteiger partial charge in [0.1, 0.15) is 5.82 Å². The lowest BCUT2D eigenvalue weighted by Gasteiger charge is -2.22. The van der Waals surface area contributed by atoms with Gasteiger partial charge in [-0.15, -0.1) is 0 Å². The van der Waals surface area contributed by atoms with E-state index in [4.69, 9.17) is 5.73 Å². The number of nitrogens with two attached hydrogens (primary N) is 1. The normalized spacial score (nSPS) is 12.5. The van der Waals surface area contributed by atoms with Crippen molar-refractivity contribution in [1.82, 2.24) is 9.78 Å². The average molecular weight is 209 g/mol. The molecule has 0 spiro atoms. The van der Waals surface area contributed by atoms with E-state index >= 15 is 0 Å². The van der Waals surface area contributed by atoms with Crippen LogP contribution in [0.4, 0.5) is 5.82 Å². The van der Waals surface area contributed by atoms with Crippen molar-refractivity contribution in [3.05, 3.63) is 11.3 Å². The molecule has 86 valence electrons. The highest BCUT2D eigenvalue weighted by molar-refractivity contribution is 5.47. The lowest BCUT2D eigenvalue weighted by molar-refractivity contribution is 0.476. The second-order valence-corrected chi connectivity index (χ2v) is 5.16. The summed E-state index contributed by atoms with van der Waals surface area (Å²) < 4.78 is 1.79. The minimum absolute atomic E-state index is 0.106. The Morgan fingerprint density at radius 3 is 2.33 bits per heavy atom. The monoisotopic (exact) mass is 209 g/mol. The van der Waals surface area contributed by atoms with Crippen LogP contribution in [0.5, 0.6) is 0 Å². The third-order valence-corrected chi connectivity index (χ3v) is 3.23. The highest BCUT2D eigenvalue weighted by atomic mass is 15.3. The largest absolute Gasteiger partial charge is 0.384 e. The Kier molecular flexibility index (Phi) is 3.12. The number of rotatable bonds is 3. The van der Waals surface area contributed by atoms with Crippen molar-refractivity contribution >= 4 is 5.82 Å². The SMILES string of the molecule is CCC(C)(C)c1nn(C)c(N)c1C(C)C. The molecule has 2 N–H and O–H groups in total. The van der Waals surface area contributed by atoms with Crippen molar-refractivity contribution in [3.63, 3.8) is 0 Å². The second kappa shape index (κ2) is 3.87. The molecule has 0 fully saturated rings. The fraction of sp³-hybridized carbons (Fsp3) is 0.750. The fourth-order valence-corrected chi connectivity index (χ4v) is 1.79. The Bertz CT molecular complexity index is 348. The minimum atomic E-state index is 0.106. The number of hydrogen-bond donors (Lipinski definition) is 1. The Morgan fingerprint density at radius 2 is 1.93 bits per heavy atom. The first-order valence-electron chi connectivity index (χ1n) is 5.64. The second-order valence-electron chi connectivity index (χ2n) is 5.16. The van der Waals surface area contributed by atoms with Gasteiger partial charge in [0.2, 0.25) is 0 Å². The Morgan fingerprint density at radius 1 is 1.40 bits per heavy atom. The van der Waals surface area contributed by atoms with Crippen LogP contribution in [-0.4, -0.2) is 9.78 Å². The van der Waals surface area contributed by atoms with Crippen LogP contribution in [0.3, 0.4) is 0 Å². The highest BCUT2D eigenvalue weighted by Gasteiger charge is 2.28. The minimum Gasteiger partial charge on any atom is -0.384 e. The molecule has 1 aromatic rings. The van der Waals surface area contributed by atoms with Crippen LogP contribution in [0.25, 0.3) is 0 Å².